The minimum Gasteiger partial charge on any atom is -0.465 e. The van der Waals surface area contributed by atoms with Crippen LogP contribution in [0.1, 0.15) is 33.6 Å². The van der Waals surface area contributed by atoms with Crippen LogP contribution in [0, 0.1) is 21.4 Å². The average Bonchev–Trinajstić information content (AvgIpc) is 2.46. The summed E-state index contributed by atoms with van der Waals surface area (Å²) in [5.74, 6) is 0.346. The number of nitro benzene ring substituents is 1. The lowest BCUT2D eigenvalue weighted by Gasteiger charge is -2.43. The third-order valence-electron chi connectivity index (χ3n) is 4.50. The summed E-state index contributed by atoms with van der Waals surface area (Å²) < 4.78 is 0. The quantitative estimate of drug-likeness (QED) is 0.652. The Hall–Kier alpha value is -2.31. The Morgan fingerprint density at radius 1 is 1.39 bits per heavy atom. The number of carboxylic acid groups (broad SMARTS) is 1. The fourth-order valence-corrected chi connectivity index (χ4v) is 3.05. The first-order chi connectivity index (χ1) is 10.7. The second kappa shape index (κ2) is 6.44. The van der Waals surface area contributed by atoms with Crippen molar-refractivity contribution in [3.63, 3.8) is 0 Å². The van der Waals surface area contributed by atoms with E-state index in [1.807, 2.05) is 0 Å². The van der Waals surface area contributed by atoms with Crippen LogP contribution >= 0.6 is 0 Å². The van der Waals surface area contributed by atoms with Crippen molar-refractivity contribution in [2.45, 2.75) is 39.8 Å². The molecule has 7 nitrogen and oxygen atoms in total. The van der Waals surface area contributed by atoms with Crippen molar-refractivity contribution in [1.82, 2.24) is 4.90 Å². The van der Waals surface area contributed by atoms with Crippen LogP contribution in [0.5, 0.6) is 0 Å². The molecular formula is C16H23N3O4. The lowest BCUT2D eigenvalue weighted by Crippen LogP contribution is -2.51. The Labute approximate surface area is 135 Å². The topological polar surface area (TPSA) is 95.7 Å². The van der Waals surface area contributed by atoms with Crippen molar-refractivity contribution in [3.05, 3.63) is 34.4 Å². The fraction of sp³-hybridized carbons (Fsp3) is 0.562. The van der Waals surface area contributed by atoms with E-state index in [0.29, 0.717) is 24.6 Å². The number of hydrogen-bond donors (Lipinski definition) is 2. The molecule has 1 aromatic rings. The van der Waals surface area contributed by atoms with Gasteiger partial charge in [-0.1, -0.05) is 32.9 Å². The Balaban J connectivity index is 2.26. The van der Waals surface area contributed by atoms with Gasteiger partial charge in [-0.3, -0.25) is 15.0 Å². The molecular weight excluding hydrogens is 298 g/mol. The van der Waals surface area contributed by atoms with E-state index in [1.165, 1.54) is 11.0 Å². The van der Waals surface area contributed by atoms with Crippen LogP contribution in [0.2, 0.25) is 0 Å². The van der Waals surface area contributed by atoms with Crippen LogP contribution in [0.3, 0.4) is 0 Å². The maximum absolute atomic E-state index is 11.5. The van der Waals surface area contributed by atoms with E-state index in [4.69, 9.17) is 0 Å². The summed E-state index contributed by atoms with van der Waals surface area (Å²) >= 11 is 0. The number of rotatable bonds is 3. The van der Waals surface area contributed by atoms with Gasteiger partial charge in [0.1, 0.15) is 11.9 Å². The highest BCUT2D eigenvalue weighted by atomic mass is 16.6. The normalized spacial score (nSPS) is 21.8. The van der Waals surface area contributed by atoms with Gasteiger partial charge in [0.2, 0.25) is 0 Å². The molecule has 1 saturated heterocycles. The number of nitrogens with zero attached hydrogens (tertiary/aromatic N) is 2. The van der Waals surface area contributed by atoms with Crippen molar-refractivity contribution in [2.24, 2.45) is 11.3 Å². The van der Waals surface area contributed by atoms with Gasteiger partial charge in [-0.25, -0.2) is 4.79 Å². The Kier molecular flexibility index (Phi) is 4.77. The van der Waals surface area contributed by atoms with E-state index in [-0.39, 0.29) is 11.1 Å². The van der Waals surface area contributed by atoms with E-state index >= 15 is 0 Å². The second-order valence-electron chi connectivity index (χ2n) is 7.00. The zero-order valence-corrected chi connectivity index (χ0v) is 13.7. The maximum atomic E-state index is 11.5. The highest BCUT2D eigenvalue weighted by Crippen LogP contribution is 2.37. The number of nitrogens with one attached hydrogen (secondary N) is 1. The minimum atomic E-state index is -1.01. The van der Waals surface area contributed by atoms with Gasteiger partial charge < -0.3 is 10.4 Å². The molecule has 2 atom stereocenters. The summed E-state index contributed by atoms with van der Waals surface area (Å²) in [6.07, 6.45) is -0.0489. The number of carbonyl (C=O) groups is 1. The molecule has 2 rings (SSSR count). The Morgan fingerprint density at radius 2 is 2.04 bits per heavy atom. The molecule has 1 aliphatic rings. The summed E-state index contributed by atoms with van der Waals surface area (Å²) in [6.45, 7) is 6.83. The molecule has 0 aromatic heterocycles. The first kappa shape index (κ1) is 17.1. The Morgan fingerprint density at radius 3 is 2.61 bits per heavy atom. The third-order valence-corrected chi connectivity index (χ3v) is 4.50. The number of anilines is 1. The monoisotopic (exact) mass is 321 g/mol. The van der Waals surface area contributed by atoms with Crippen molar-refractivity contribution < 1.29 is 14.8 Å². The van der Waals surface area contributed by atoms with Crippen LogP contribution in [0.15, 0.2) is 24.3 Å². The van der Waals surface area contributed by atoms with E-state index in [2.05, 4.69) is 26.1 Å². The summed E-state index contributed by atoms with van der Waals surface area (Å²) in [7, 11) is 0. The van der Waals surface area contributed by atoms with Crippen LogP contribution < -0.4 is 5.32 Å². The molecule has 2 N–H and O–H groups in total. The molecule has 0 saturated carbocycles. The average molecular weight is 321 g/mol. The highest BCUT2D eigenvalue weighted by molar-refractivity contribution is 5.67. The first-order valence-corrected chi connectivity index (χ1v) is 7.69. The van der Waals surface area contributed by atoms with Crippen molar-refractivity contribution in [2.75, 3.05) is 11.9 Å². The summed E-state index contributed by atoms with van der Waals surface area (Å²) in [4.78, 5) is 23.5. The molecule has 7 heteroatoms. The molecule has 1 aliphatic heterocycles. The van der Waals surface area contributed by atoms with E-state index < -0.39 is 17.2 Å². The van der Waals surface area contributed by atoms with Gasteiger partial charge in [0, 0.05) is 12.6 Å². The van der Waals surface area contributed by atoms with Crippen molar-refractivity contribution in [1.29, 1.82) is 0 Å². The molecule has 2 unspecified atom stereocenters. The first-order valence-electron chi connectivity index (χ1n) is 7.69. The molecule has 1 amide bonds. The molecule has 0 spiro atoms. The van der Waals surface area contributed by atoms with Gasteiger partial charge in [-0.2, -0.15) is 0 Å². The van der Waals surface area contributed by atoms with Crippen molar-refractivity contribution >= 4 is 17.5 Å². The number of para-hydroxylation sites is 2. The summed E-state index contributed by atoms with van der Waals surface area (Å²) in [5.41, 5.74) is 0.367. The number of benzene rings is 1. The number of likely N-dealkylation sites (tertiary alicyclic amines) is 1. The van der Waals surface area contributed by atoms with Gasteiger partial charge in [0.15, 0.2) is 0 Å². The number of nitro groups is 1. The zero-order chi connectivity index (χ0) is 17.2. The standard InChI is InChI=1S/C16H23N3O4/c1-16(2,3)11-8-9-18(15(20)21)14(10-11)17-12-6-4-5-7-13(12)19(22)23/h4-7,11,14,17H,8-10H2,1-3H3,(H,20,21). The zero-order valence-electron chi connectivity index (χ0n) is 13.7. The molecule has 0 aliphatic carbocycles. The minimum absolute atomic E-state index is 0.0456. The van der Waals surface area contributed by atoms with Gasteiger partial charge in [0.05, 0.1) is 4.92 Å². The number of hydrogen-bond acceptors (Lipinski definition) is 4. The van der Waals surface area contributed by atoms with Crippen LogP contribution in [-0.4, -0.2) is 33.7 Å². The van der Waals surface area contributed by atoms with Crippen LogP contribution in [-0.2, 0) is 0 Å². The summed E-state index contributed by atoms with van der Waals surface area (Å²) in [6, 6.07) is 6.32. The highest BCUT2D eigenvalue weighted by Gasteiger charge is 2.37. The van der Waals surface area contributed by atoms with Crippen LogP contribution in [0.4, 0.5) is 16.2 Å². The van der Waals surface area contributed by atoms with Gasteiger partial charge >= 0.3 is 6.09 Å². The predicted molar refractivity (Wildman–Crippen MR) is 87.4 cm³/mol. The molecule has 0 bridgehead atoms. The maximum Gasteiger partial charge on any atom is 0.408 e. The van der Waals surface area contributed by atoms with E-state index in [9.17, 15) is 20.0 Å². The van der Waals surface area contributed by atoms with Gasteiger partial charge in [-0.05, 0) is 30.2 Å². The van der Waals surface area contributed by atoms with Gasteiger partial charge in [-0.15, -0.1) is 0 Å². The van der Waals surface area contributed by atoms with E-state index in [1.54, 1.807) is 18.2 Å². The molecule has 1 fully saturated rings. The summed E-state index contributed by atoms with van der Waals surface area (Å²) in [5, 5.41) is 23.6. The molecule has 126 valence electrons. The third kappa shape index (κ3) is 3.91. The molecule has 23 heavy (non-hydrogen) atoms. The number of piperidine rings is 1. The molecule has 1 heterocycles. The van der Waals surface area contributed by atoms with Gasteiger partial charge in [0.25, 0.3) is 5.69 Å². The molecule has 0 radical (unpaired) electrons. The lowest BCUT2D eigenvalue weighted by atomic mass is 9.74. The van der Waals surface area contributed by atoms with E-state index in [0.717, 1.165) is 6.42 Å². The van der Waals surface area contributed by atoms with Crippen molar-refractivity contribution in [3.8, 4) is 0 Å². The molecule has 1 aromatic carbocycles. The lowest BCUT2D eigenvalue weighted by molar-refractivity contribution is -0.384. The largest absolute Gasteiger partial charge is 0.465 e. The predicted octanol–water partition coefficient (Wildman–Crippen LogP) is 3.77. The number of amides is 1. The smallest absolute Gasteiger partial charge is 0.408 e. The fourth-order valence-electron chi connectivity index (χ4n) is 3.05. The second-order valence-corrected chi connectivity index (χ2v) is 7.00. The van der Waals surface area contributed by atoms with Crippen LogP contribution in [0.25, 0.3) is 0 Å². The SMILES string of the molecule is CC(C)(C)C1CCN(C(=O)O)C(Nc2ccccc2[N+](=O)[O-])C1. The Bertz CT molecular complexity index is 597.